The van der Waals surface area contributed by atoms with Gasteiger partial charge in [-0.2, -0.15) is 0 Å². The van der Waals surface area contributed by atoms with E-state index in [1.807, 2.05) is 20.8 Å². The van der Waals surface area contributed by atoms with E-state index in [1.165, 1.54) is 0 Å². The van der Waals surface area contributed by atoms with Crippen molar-refractivity contribution in [1.29, 1.82) is 0 Å². The van der Waals surface area contributed by atoms with Crippen LogP contribution in [0.2, 0.25) is 5.28 Å². The molecular weight excluding hydrogens is 358 g/mol. The van der Waals surface area contributed by atoms with Crippen LogP contribution < -0.4 is 4.74 Å². The first-order chi connectivity index (χ1) is 12.3. The molecule has 1 aliphatic carbocycles. The van der Waals surface area contributed by atoms with Crippen molar-refractivity contribution in [3.8, 4) is 5.75 Å². The van der Waals surface area contributed by atoms with Gasteiger partial charge in [0.25, 0.3) is 0 Å². The fourth-order valence-corrected chi connectivity index (χ4v) is 3.15. The number of piperidine rings is 1. The molecule has 26 heavy (non-hydrogen) atoms. The first kappa shape index (κ1) is 19.2. The van der Waals surface area contributed by atoms with Gasteiger partial charge >= 0.3 is 6.09 Å². The number of hydrogen-bond donors (Lipinski definition) is 0. The highest BCUT2D eigenvalue weighted by atomic mass is 35.5. The van der Waals surface area contributed by atoms with Crippen molar-refractivity contribution < 1.29 is 19.0 Å². The molecule has 1 saturated heterocycles. The molecule has 0 N–H and O–H groups in total. The maximum Gasteiger partial charge on any atom is 0.410 e. The molecule has 144 valence electrons. The van der Waals surface area contributed by atoms with E-state index < -0.39 is 5.60 Å². The second kappa shape index (κ2) is 7.96. The number of halogens is 1. The monoisotopic (exact) mass is 383 g/mol. The molecule has 8 heteroatoms. The van der Waals surface area contributed by atoms with E-state index in [0.29, 0.717) is 18.8 Å². The molecule has 0 unspecified atom stereocenters. The van der Waals surface area contributed by atoms with Crippen LogP contribution in [0.4, 0.5) is 4.79 Å². The zero-order valence-corrected chi connectivity index (χ0v) is 16.2. The molecule has 2 fully saturated rings. The van der Waals surface area contributed by atoms with E-state index in [1.54, 1.807) is 17.3 Å². The Balaban J connectivity index is 1.33. The summed E-state index contributed by atoms with van der Waals surface area (Å²) in [5, 5.41) is 0.213. The van der Waals surface area contributed by atoms with E-state index in [2.05, 4.69) is 9.97 Å². The van der Waals surface area contributed by atoms with Crippen molar-refractivity contribution in [1.82, 2.24) is 14.9 Å². The van der Waals surface area contributed by atoms with Gasteiger partial charge in [0.1, 0.15) is 11.7 Å². The number of hydrogen-bond acceptors (Lipinski definition) is 6. The summed E-state index contributed by atoms with van der Waals surface area (Å²) in [6.45, 7) is 6.99. The average Bonchev–Trinajstić information content (AvgIpc) is 2.54. The van der Waals surface area contributed by atoms with Crippen LogP contribution >= 0.6 is 11.6 Å². The molecule has 1 aromatic rings. The number of likely N-dealkylation sites (tertiary alicyclic amines) is 1. The van der Waals surface area contributed by atoms with Gasteiger partial charge in [-0.05, 0) is 45.2 Å². The highest BCUT2D eigenvalue weighted by molar-refractivity contribution is 6.28. The van der Waals surface area contributed by atoms with Crippen molar-refractivity contribution >= 4 is 17.7 Å². The summed E-state index contributed by atoms with van der Waals surface area (Å²) in [6, 6.07) is 0. The van der Waals surface area contributed by atoms with E-state index in [0.717, 1.165) is 25.7 Å². The molecule has 1 amide bonds. The van der Waals surface area contributed by atoms with Crippen LogP contribution in [0, 0.1) is 0 Å². The predicted molar refractivity (Wildman–Crippen MR) is 96.4 cm³/mol. The Labute approximate surface area is 159 Å². The lowest BCUT2D eigenvalue weighted by atomic mass is 9.91. The number of amides is 1. The lowest BCUT2D eigenvalue weighted by molar-refractivity contribution is -0.110. The minimum atomic E-state index is -0.458. The second-order valence-corrected chi connectivity index (χ2v) is 8.16. The summed E-state index contributed by atoms with van der Waals surface area (Å²) in [6.07, 6.45) is 6.85. The van der Waals surface area contributed by atoms with E-state index in [-0.39, 0.29) is 29.7 Å². The number of aromatic nitrogens is 2. The third kappa shape index (κ3) is 5.45. The number of rotatable bonds is 4. The van der Waals surface area contributed by atoms with Crippen molar-refractivity contribution in [3.63, 3.8) is 0 Å². The lowest BCUT2D eigenvalue weighted by Crippen LogP contribution is -2.46. The fraction of sp³-hybridized carbons (Fsp3) is 0.722. The number of carbonyl (C=O) groups excluding carboxylic acids is 1. The molecule has 0 bridgehead atoms. The third-order valence-corrected chi connectivity index (χ3v) is 4.62. The van der Waals surface area contributed by atoms with Gasteiger partial charge in [-0.15, -0.1) is 0 Å². The maximum absolute atomic E-state index is 12.1. The third-order valence-electron chi connectivity index (χ3n) is 4.43. The van der Waals surface area contributed by atoms with Crippen LogP contribution in [-0.4, -0.2) is 58.0 Å². The molecule has 0 radical (unpaired) electrons. The Bertz CT molecular complexity index is 606. The number of nitrogens with zero attached hydrogens (tertiary/aromatic N) is 3. The molecule has 1 aliphatic heterocycles. The molecule has 1 aromatic heterocycles. The number of ether oxygens (including phenoxy) is 3. The lowest BCUT2D eigenvalue weighted by Gasteiger charge is -2.39. The predicted octanol–water partition coefficient (Wildman–Crippen LogP) is 3.46. The van der Waals surface area contributed by atoms with Gasteiger partial charge in [-0.1, -0.05) is 0 Å². The SMILES string of the molecule is CC(C)(C)OC(=O)N1CCC(OC2CC(Oc3cnc(Cl)nc3)C2)CC1. The fourth-order valence-electron chi connectivity index (χ4n) is 3.05. The zero-order valence-electron chi connectivity index (χ0n) is 15.5. The van der Waals surface area contributed by atoms with Crippen LogP contribution in [0.15, 0.2) is 12.4 Å². The summed E-state index contributed by atoms with van der Waals surface area (Å²) in [5.74, 6) is 0.628. The van der Waals surface area contributed by atoms with E-state index >= 15 is 0 Å². The van der Waals surface area contributed by atoms with E-state index in [4.69, 9.17) is 25.8 Å². The molecular formula is C18H26ClN3O4. The maximum atomic E-state index is 12.1. The minimum absolute atomic E-state index is 0.131. The largest absolute Gasteiger partial charge is 0.487 e. The van der Waals surface area contributed by atoms with Crippen LogP contribution in [0.25, 0.3) is 0 Å². The highest BCUT2D eigenvalue weighted by Crippen LogP contribution is 2.30. The molecule has 0 aromatic carbocycles. The summed E-state index contributed by atoms with van der Waals surface area (Å²) in [7, 11) is 0. The van der Waals surface area contributed by atoms with Crippen molar-refractivity contribution in [2.75, 3.05) is 13.1 Å². The topological polar surface area (TPSA) is 73.8 Å². The molecule has 3 rings (SSSR count). The zero-order chi connectivity index (χ0) is 18.7. The second-order valence-electron chi connectivity index (χ2n) is 7.82. The van der Waals surface area contributed by atoms with Gasteiger partial charge < -0.3 is 19.1 Å². The van der Waals surface area contributed by atoms with Gasteiger partial charge in [0.15, 0.2) is 5.75 Å². The van der Waals surface area contributed by atoms with E-state index in [9.17, 15) is 4.79 Å². The van der Waals surface area contributed by atoms with Gasteiger partial charge in [-0.25, -0.2) is 14.8 Å². The van der Waals surface area contributed by atoms with Crippen LogP contribution in [0.3, 0.4) is 0 Å². The highest BCUT2D eigenvalue weighted by Gasteiger charge is 2.35. The quantitative estimate of drug-likeness (QED) is 0.741. The van der Waals surface area contributed by atoms with Crippen LogP contribution in [0.1, 0.15) is 46.5 Å². The van der Waals surface area contributed by atoms with Crippen molar-refractivity contribution in [2.24, 2.45) is 0 Å². The Kier molecular flexibility index (Phi) is 5.87. The summed E-state index contributed by atoms with van der Waals surface area (Å²) < 4.78 is 17.3. The van der Waals surface area contributed by atoms with Crippen LogP contribution in [-0.2, 0) is 9.47 Å². The Morgan fingerprint density at radius 1 is 1.12 bits per heavy atom. The molecule has 0 atom stereocenters. The smallest absolute Gasteiger partial charge is 0.410 e. The van der Waals surface area contributed by atoms with Gasteiger partial charge in [-0.3, -0.25) is 0 Å². The molecule has 0 spiro atoms. The standard InChI is InChI=1S/C18H26ClN3O4/c1-18(2,3)26-17(23)22-6-4-12(5-7-22)24-13-8-14(9-13)25-15-10-20-16(19)21-11-15/h10-14H,4-9H2,1-3H3. The summed E-state index contributed by atoms with van der Waals surface area (Å²) >= 11 is 5.66. The first-order valence-electron chi connectivity index (χ1n) is 9.06. The normalized spacial score (nSPS) is 24.1. The molecule has 7 nitrogen and oxygen atoms in total. The van der Waals surface area contributed by atoms with Gasteiger partial charge in [0.05, 0.1) is 24.6 Å². The average molecular weight is 384 g/mol. The molecule has 2 aliphatic rings. The Morgan fingerprint density at radius 3 is 2.31 bits per heavy atom. The summed E-state index contributed by atoms with van der Waals surface area (Å²) in [4.78, 5) is 21.6. The molecule has 1 saturated carbocycles. The Morgan fingerprint density at radius 2 is 1.73 bits per heavy atom. The van der Waals surface area contributed by atoms with Crippen molar-refractivity contribution in [3.05, 3.63) is 17.7 Å². The van der Waals surface area contributed by atoms with Crippen LogP contribution in [0.5, 0.6) is 5.75 Å². The van der Waals surface area contributed by atoms with Crippen molar-refractivity contribution in [2.45, 2.75) is 70.4 Å². The first-order valence-corrected chi connectivity index (χ1v) is 9.44. The van der Waals surface area contributed by atoms with Gasteiger partial charge in [0, 0.05) is 25.9 Å². The van der Waals surface area contributed by atoms with Gasteiger partial charge in [0.2, 0.25) is 5.28 Å². The Hall–Kier alpha value is -1.60. The minimum Gasteiger partial charge on any atom is -0.487 e. The molecule has 2 heterocycles. The number of carbonyl (C=O) groups is 1. The summed E-state index contributed by atoms with van der Waals surface area (Å²) in [5.41, 5.74) is -0.458.